The van der Waals surface area contributed by atoms with Crippen LogP contribution in [0.3, 0.4) is 0 Å². The van der Waals surface area contributed by atoms with Gasteiger partial charge in [-0.05, 0) is 29.5 Å². The number of sulfone groups is 1. The average Bonchev–Trinajstić information content (AvgIpc) is 2.95. The summed E-state index contributed by atoms with van der Waals surface area (Å²) in [5.74, 6) is 0.188. The predicted molar refractivity (Wildman–Crippen MR) is 104 cm³/mol. The molecule has 0 aliphatic heterocycles. The van der Waals surface area contributed by atoms with Gasteiger partial charge < -0.3 is 9.84 Å². The molecule has 28 heavy (non-hydrogen) atoms. The maximum atomic E-state index is 12.5. The highest BCUT2D eigenvalue weighted by atomic mass is 32.2. The molecule has 0 saturated heterocycles. The van der Waals surface area contributed by atoms with Crippen LogP contribution >= 0.6 is 0 Å². The molecule has 2 aromatic rings. The maximum Gasteiger partial charge on any atom is 0.251 e. The molecule has 0 unspecified atom stereocenters. The van der Waals surface area contributed by atoms with E-state index < -0.39 is 9.84 Å². The molecule has 0 fully saturated rings. The summed E-state index contributed by atoms with van der Waals surface area (Å²) in [6.07, 6.45) is 2.73. The van der Waals surface area contributed by atoms with Crippen LogP contribution in [0.2, 0.25) is 0 Å². The highest BCUT2D eigenvalue weighted by Gasteiger charge is 2.35. The molecule has 1 aliphatic rings. The van der Waals surface area contributed by atoms with Gasteiger partial charge in [-0.3, -0.25) is 9.59 Å². The van der Waals surface area contributed by atoms with E-state index in [0.717, 1.165) is 17.5 Å². The first-order valence-electron chi connectivity index (χ1n) is 9.10. The molecule has 8 heteroatoms. The zero-order valence-electron chi connectivity index (χ0n) is 16.2. The van der Waals surface area contributed by atoms with Crippen LogP contribution in [0, 0.1) is 5.41 Å². The molecule has 0 saturated carbocycles. The standard InChI is InChI=1S/C20H24N2O5S/c1-20(2)11-15-18(16(23)12-20)17(27-22-15)10-13-4-6-14(7-5-13)19(24)21-8-9-28(3,25)26/h4-7H,8-12H2,1-3H3,(H,21,24). The van der Waals surface area contributed by atoms with E-state index in [1.165, 1.54) is 0 Å². The molecule has 1 N–H and O–H groups in total. The fourth-order valence-electron chi connectivity index (χ4n) is 3.37. The quantitative estimate of drug-likeness (QED) is 0.791. The number of hydrogen-bond acceptors (Lipinski definition) is 6. The van der Waals surface area contributed by atoms with Gasteiger partial charge in [0.2, 0.25) is 0 Å². The van der Waals surface area contributed by atoms with Crippen LogP contribution in [0.25, 0.3) is 0 Å². The van der Waals surface area contributed by atoms with Crippen molar-refractivity contribution in [2.24, 2.45) is 5.41 Å². The van der Waals surface area contributed by atoms with Crippen molar-refractivity contribution < 1.29 is 22.5 Å². The number of amides is 1. The van der Waals surface area contributed by atoms with Crippen molar-refractivity contribution in [1.82, 2.24) is 10.5 Å². The maximum absolute atomic E-state index is 12.5. The third-order valence-corrected chi connectivity index (χ3v) is 5.68. The van der Waals surface area contributed by atoms with Crippen molar-refractivity contribution in [2.75, 3.05) is 18.6 Å². The lowest BCUT2D eigenvalue weighted by Crippen LogP contribution is -2.28. The highest BCUT2D eigenvalue weighted by molar-refractivity contribution is 7.90. The molecule has 0 bridgehead atoms. The Balaban J connectivity index is 1.67. The molecule has 0 spiro atoms. The summed E-state index contributed by atoms with van der Waals surface area (Å²) in [6.45, 7) is 4.16. The number of nitrogens with zero attached hydrogens (tertiary/aromatic N) is 1. The van der Waals surface area contributed by atoms with Gasteiger partial charge in [-0.25, -0.2) is 8.42 Å². The third-order valence-electron chi connectivity index (χ3n) is 4.74. The van der Waals surface area contributed by atoms with Crippen LogP contribution in [0.5, 0.6) is 0 Å². The van der Waals surface area contributed by atoms with Gasteiger partial charge in [0.05, 0.1) is 17.0 Å². The first kappa shape index (κ1) is 20.3. The Morgan fingerprint density at radius 2 is 1.89 bits per heavy atom. The van der Waals surface area contributed by atoms with Crippen molar-refractivity contribution in [1.29, 1.82) is 0 Å². The lowest BCUT2D eigenvalue weighted by molar-refractivity contribution is 0.0909. The summed E-state index contributed by atoms with van der Waals surface area (Å²) >= 11 is 0. The van der Waals surface area contributed by atoms with Gasteiger partial charge in [0.1, 0.15) is 9.84 Å². The Bertz CT molecular complexity index is 1000. The van der Waals surface area contributed by atoms with Gasteiger partial charge in [-0.1, -0.05) is 31.1 Å². The number of Topliss-reactive ketones (excluding diaryl/α,β-unsaturated/α-hetero) is 1. The molecule has 7 nitrogen and oxygen atoms in total. The smallest absolute Gasteiger partial charge is 0.251 e. The molecule has 150 valence electrons. The Kier molecular flexibility index (Phi) is 5.43. The van der Waals surface area contributed by atoms with E-state index >= 15 is 0 Å². The van der Waals surface area contributed by atoms with Crippen LogP contribution < -0.4 is 5.32 Å². The van der Waals surface area contributed by atoms with Gasteiger partial charge in [-0.2, -0.15) is 0 Å². The van der Waals surface area contributed by atoms with Crippen LogP contribution in [0.4, 0.5) is 0 Å². The first-order chi connectivity index (χ1) is 13.0. The van der Waals surface area contributed by atoms with E-state index in [2.05, 4.69) is 10.5 Å². The van der Waals surface area contributed by atoms with Crippen molar-refractivity contribution in [3.05, 3.63) is 52.4 Å². The molecule has 1 heterocycles. The number of hydrogen-bond donors (Lipinski definition) is 1. The molecule has 1 aromatic carbocycles. The molecule has 1 aromatic heterocycles. The largest absolute Gasteiger partial charge is 0.360 e. The molecular formula is C20H24N2O5S. The number of aromatic nitrogens is 1. The number of benzene rings is 1. The number of nitrogens with one attached hydrogen (secondary N) is 1. The van der Waals surface area contributed by atoms with Gasteiger partial charge >= 0.3 is 0 Å². The van der Waals surface area contributed by atoms with E-state index in [9.17, 15) is 18.0 Å². The summed E-state index contributed by atoms with van der Waals surface area (Å²) in [5, 5.41) is 6.67. The van der Waals surface area contributed by atoms with Crippen molar-refractivity contribution in [3.63, 3.8) is 0 Å². The summed E-state index contributed by atoms with van der Waals surface area (Å²) in [4.78, 5) is 24.6. The normalized spacial score (nSPS) is 15.9. The lowest BCUT2D eigenvalue weighted by atomic mass is 9.75. The van der Waals surface area contributed by atoms with E-state index in [4.69, 9.17) is 4.52 Å². The molecule has 3 rings (SSSR count). The zero-order valence-corrected chi connectivity index (χ0v) is 17.1. The Labute approximate surface area is 164 Å². The van der Waals surface area contributed by atoms with E-state index in [0.29, 0.717) is 36.1 Å². The SMILES string of the molecule is CC1(C)CC(=O)c2c(noc2Cc2ccc(C(=O)NCCS(C)(=O)=O)cc2)C1. The monoisotopic (exact) mass is 404 g/mol. The second-order valence-electron chi connectivity index (χ2n) is 8.13. The van der Waals surface area contributed by atoms with E-state index in [1.54, 1.807) is 24.3 Å². The van der Waals surface area contributed by atoms with Crippen LogP contribution in [-0.2, 0) is 22.7 Å². The Morgan fingerprint density at radius 3 is 2.54 bits per heavy atom. The van der Waals surface area contributed by atoms with E-state index in [-0.39, 0.29) is 29.4 Å². The fourth-order valence-corrected chi connectivity index (χ4v) is 3.84. The Morgan fingerprint density at radius 1 is 1.21 bits per heavy atom. The second kappa shape index (κ2) is 7.50. The summed E-state index contributed by atoms with van der Waals surface area (Å²) in [6, 6.07) is 6.91. The molecular weight excluding hydrogens is 380 g/mol. The first-order valence-corrected chi connectivity index (χ1v) is 11.2. The van der Waals surface area contributed by atoms with E-state index in [1.807, 2.05) is 13.8 Å². The zero-order chi connectivity index (χ0) is 20.5. The minimum absolute atomic E-state index is 0.0596. The summed E-state index contributed by atoms with van der Waals surface area (Å²) < 4.78 is 27.7. The summed E-state index contributed by atoms with van der Waals surface area (Å²) in [7, 11) is -3.12. The molecule has 0 radical (unpaired) electrons. The lowest BCUT2D eigenvalue weighted by Gasteiger charge is -2.26. The van der Waals surface area contributed by atoms with Crippen LogP contribution in [0.1, 0.15) is 58.0 Å². The average molecular weight is 404 g/mol. The van der Waals surface area contributed by atoms with Crippen molar-refractivity contribution in [2.45, 2.75) is 33.1 Å². The van der Waals surface area contributed by atoms with Crippen LogP contribution in [0.15, 0.2) is 28.8 Å². The predicted octanol–water partition coefficient (Wildman–Crippen LogP) is 2.19. The fraction of sp³-hybridized carbons (Fsp3) is 0.450. The van der Waals surface area contributed by atoms with Gasteiger partial charge in [-0.15, -0.1) is 0 Å². The number of carbonyl (C=O) groups is 2. The summed E-state index contributed by atoms with van der Waals surface area (Å²) in [5.41, 5.74) is 2.55. The Hall–Kier alpha value is -2.48. The highest BCUT2D eigenvalue weighted by Crippen LogP contribution is 2.36. The van der Waals surface area contributed by atoms with Crippen molar-refractivity contribution in [3.8, 4) is 0 Å². The molecule has 0 atom stereocenters. The van der Waals surface area contributed by atoms with Gasteiger partial charge in [0, 0.05) is 31.2 Å². The number of ketones is 1. The number of rotatable bonds is 6. The second-order valence-corrected chi connectivity index (χ2v) is 10.4. The third kappa shape index (κ3) is 4.86. The van der Waals surface area contributed by atoms with Crippen molar-refractivity contribution >= 4 is 21.5 Å². The minimum Gasteiger partial charge on any atom is -0.360 e. The number of fused-ring (bicyclic) bond motifs is 1. The number of carbonyl (C=O) groups excluding carboxylic acids is 2. The molecule has 1 aliphatic carbocycles. The topological polar surface area (TPSA) is 106 Å². The van der Waals surface area contributed by atoms with Gasteiger partial charge in [0.15, 0.2) is 11.5 Å². The minimum atomic E-state index is -3.12. The van der Waals surface area contributed by atoms with Crippen LogP contribution in [-0.4, -0.2) is 43.8 Å². The van der Waals surface area contributed by atoms with Gasteiger partial charge in [0.25, 0.3) is 5.91 Å². The molecule has 1 amide bonds.